The molecule has 1 atom stereocenters. The molecule has 0 bridgehead atoms. The standard InChI is InChI=1S/C17H26N2O2/c1-4-19-17(13-18,16-8-6-5-7-9-16)14-21-11-10-20-12-15(2)3/h5-9,15,19H,4,10-12,14H2,1-3H3. The van der Waals surface area contributed by atoms with Gasteiger partial charge in [0.2, 0.25) is 0 Å². The van der Waals surface area contributed by atoms with Gasteiger partial charge in [-0.2, -0.15) is 5.26 Å². The fourth-order valence-electron chi connectivity index (χ4n) is 2.06. The van der Waals surface area contributed by atoms with Gasteiger partial charge >= 0.3 is 0 Å². The number of nitrogens with zero attached hydrogens (tertiary/aromatic N) is 1. The van der Waals surface area contributed by atoms with Crippen LogP contribution < -0.4 is 5.32 Å². The van der Waals surface area contributed by atoms with Gasteiger partial charge in [-0.15, -0.1) is 0 Å². The molecule has 0 aliphatic carbocycles. The maximum absolute atomic E-state index is 9.61. The zero-order valence-electron chi connectivity index (χ0n) is 13.3. The molecule has 4 nitrogen and oxygen atoms in total. The molecule has 0 amide bonds. The molecule has 4 heteroatoms. The molecule has 0 heterocycles. The highest BCUT2D eigenvalue weighted by atomic mass is 16.5. The van der Waals surface area contributed by atoms with Crippen LogP contribution in [0.15, 0.2) is 30.3 Å². The van der Waals surface area contributed by atoms with Crippen molar-refractivity contribution in [2.75, 3.05) is 33.0 Å². The minimum Gasteiger partial charge on any atom is -0.379 e. The van der Waals surface area contributed by atoms with Crippen LogP contribution in [0.2, 0.25) is 0 Å². The van der Waals surface area contributed by atoms with Crippen molar-refractivity contribution in [3.63, 3.8) is 0 Å². The first-order valence-corrected chi connectivity index (χ1v) is 7.52. The highest BCUT2D eigenvalue weighted by Gasteiger charge is 2.31. The molecule has 116 valence electrons. The second kappa shape index (κ2) is 9.51. The lowest BCUT2D eigenvalue weighted by atomic mass is 9.92. The molecule has 0 aliphatic heterocycles. The number of benzene rings is 1. The molecule has 1 aromatic rings. The minimum absolute atomic E-state index is 0.312. The van der Waals surface area contributed by atoms with E-state index in [4.69, 9.17) is 9.47 Å². The zero-order valence-corrected chi connectivity index (χ0v) is 13.3. The Morgan fingerprint density at radius 2 is 1.86 bits per heavy atom. The number of rotatable bonds is 10. The van der Waals surface area contributed by atoms with Crippen LogP contribution in [0.25, 0.3) is 0 Å². The van der Waals surface area contributed by atoms with E-state index in [1.807, 2.05) is 37.3 Å². The number of hydrogen-bond acceptors (Lipinski definition) is 4. The topological polar surface area (TPSA) is 54.3 Å². The lowest BCUT2D eigenvalue weighted by molar-refractivity contribution is 0.0216. The SMILES string of the molecule is CCNC(C#N)(COCCOCC(C)C)c1ccccc1. The molecular weight excluding hydrogens is 264 g/mol. The summed E-state index contributed by atoms with van der Waals surface area (Å²) in [5.41, 5.74) is 0.131. The van der Waals surface area contributed by atoms with Gasteiger partial charge in [-0.3, -0.25) is 5.32 Å². The van der Waals surface area contributed by atoms with Crippen LogP contribution in [-0.2, 0) is 15.0 Å². The van der Waals surface area contributed by atoms with E-state index in [9.17, 15) is 5.26 Å². The summed E-state index contributed by atoms with van der Waals surface area (Å²) in [6.45, 7) is 9.01. The summed E-state index contributed by atoms with van der Waals surface area (Å²) >= 11 is 0. The van der Waals surface area contributed by atoms with Crippen LogP contribution in [-0.4, -0.2) is 33.0 Å². The summed E-state index contributed by atoms with van der Waals surface area (Å²) in [5, 5.41) is 12.9. The van der Waals surface area contributed by atoms with Gasteiger partial charge in [0.25, 0.3) is 0 Å². The lowest BCUT2D eigenvalue weighted by Gasteiger charge is -2.27. The lowest BCUT2D eigenvalue weighted by Crippen LogP contribution is -2.45. The smallest absolute Gasteiger partial charge is 0.155 e. The number of likely N-dealkylation sites (N-methyl/N-ethyl adjacent to an activating group) is 1. The monoisotopic (exact) mass is 290 g/mol. The summed E-state index contributed by atoms with van der Waals surface area (Å²) in [6, 6.07) is 12.1. The second-order valence-corrected chi connectivity index (χ2v) is 5.43. The van der Waals surface area contributed by atoms with Crippen molar-refractivity contribution in [3.8, 4) is 6.07 Å². The van der Waals surface area contributed by atoms with E-state index < -0.39 is 5.54 Å². The second-order valence-electron chi connectivity index (χ2n) is 5.43. The van der Waals surface area contributed by atoms with Crippen molar-refractivity contribution in [2.45, 2.75) is 26.3 Å². The van der Waals surface area contributed by atoms with Crippen molar-refractivity contribution < 1.29 is 9.47 Å². The molecule has 1 rings (SSSR count). The van der Waals surface area contributed by atoms with Gasteiger partial charge in [0.15, 0.2) is 5.54 Å². The molecule has 1 aromatic carbocycles. The Morgan fingerprint density at radius 3 is 2.43 bits per heavy atom. The summed E-state index contributed by atoms with van der Waals surface area (Å²) in [7, 11) is 0. The van der Waals surface area contributed by atoms with E-state index >= 15 is 0 Å². The van der Waals surface area contributed by atoms with Crippen LogP contribution >= 0.6 is 0 Å². The van der Waals surface area contributed by atoms with E-state index in [1.54, 1.807) is 0 Å². The average molecular weight is 290 g/mol. The predicted octanol–water partition coefficient (Wildman–Crippen LogP) is 2.70. The van der Waals surface area contributed by atoms with Crippen LogP contribution in [0.1, 0.15) is 26.3 Å². The summed E-state index contributed by atoms with van der Waals surface area (Å²) in [5.74, 6) is 0.522. The van der Waals surface area contributed by atoms with E-state index in [2.05, 4.69) is 25.2 Å². The Labute approximate surface area is 128 Å². The zero-order chi connectivity index (χ0) is 15.6. The fraction of sp³-hybridized carbons (Fsp3) is 0.588. The average Bonchev–Trinajstić information content (AvgIpc) is 2.50. The molecule has 0 spiro atoms. The van der Waals surface area contributed by atoms with Gasteiger partial charge in [-0.1, -0.05) is 51.1 Å². The van der Waals surface area contributed by atoms with E-state index in [0.717, 1.165) is 12.2 Å². The van der Waals surface area contributed by atoms with Crippen LogP contribution in [0, 0.1) is 17.2 Å². The highest BCUT2D eigenvalue weighted by Crippen LogP contribution is 2.20. The fourth-order valence-corrected chi connectivity index (χ4v) is 2.06. The van der Waals surface area contributed by atoms with Gasteiger partial charge in [-0.05, 0) is 18.0 Å². The molecule has 0 aromatic heterocycles. The van der Waals surface area contributed by atoms with E-state index in [0.29, 0.717) is 32.3 Å². The predicted molar refractivity (Wildman–Crippen MR) is 83.9 cm³/mol. The van der Waals surface area contributed by atoms with Gasteiger partial charge in [0, 0.05) is 6.61 Å². The number of hydrogen-bond donors (Lipinski definition) is 1. The third-order valence-electron chi connectivity index (χ3n) is 3.08. The molecule has 21 heavy (non-hydrogen) atoms. The van der Waals surface area contributed by atoms with Gasteiger partial charge < -0.3 is 9.47 Å². The largest absolute Gasteiger partial charge is 0.379 e. The summed E-state index contributed by atoms with van der Waals surface area (Å²) < 4.78 is 11.1. The van der Waals surface area contributed by atoms with Gasteiger partial charge in [-0.25, -0.2) is 0 Å². The van der Waals surface area contributed by atoms with Crippen molar-refractivity contribution in [1.29, 1.82) is 5.26 Å². The van der Waals surface area contributed by atoms with Crippen LogP contribution in [0.5, 0.6) is 0 Å². The molecule has 1 N–H and O–H groups in total. The van der Waals surface area contributed by atoms with Gasteiger partial charge in [0.1, 0.15) is 0 Å². The van der Waals surface area contributed by atoms with Gasteiger partial charge in [0.05, 0.1) is 25.9 Å². The number of nitrogens with one attached hydrogen (secondary N) is 1. The van der Waals surface area contributed by atoms with Crippen LogP contribution in [0.3, 0.4) is 0 Å². The molecule has 0 fully saturated rings. The van der Waals surface area contributed by atoms with Crippen molar-refractivity contribution in [1.82, 2.24) is 5.32 Å². The van der Waals surface area contributed by atoms with Crippen molar-refractivity contribution >= 4 is 0 Å². The summed E-state index contributed by atoms with van der Waals surface area (Å²) in [6.07, 6.45) is 0. The Balaban J connectivity index is 2.54. The Morgan fingerprint density at radius 1 is 1.19 bits per heavy atom. The first-order valence-electron chi connectivity index (χ1n) is 7.52. The highest BCUT2D eigenvalue weighted by molar-refractivity contribution is 5.31. The van der Waals surface area contributed by atoms with Crippen molar-refractivity contribution in [3.05, 3.63) is 35.9 Å². The molecule has 0 saturated carbocycles. The van der Waals surface area contributed by atoms with E-state index in [1.165, 1.54) is 0 Å². The third kappa shape index (κ3) is 5.84. The molecule has 0 aliphatic rings. The molecule has 0 saturated heterocycles. The third-order valence-corrected chi connectivity index (χ3v) is 3.08. The quantitative estimate of drug-likeness (QED) is 0.673. The normalized spacial score (nSPS) is 13.9. The van der Waals surface area contributed by atoms with Crippen molar-refractivity contribution in [2.24, 2.45) is 5.92 Å². The molecule has 1 unspecified atom stereocenters. The summed E-state index contributed by atoms with van der Waals surface area (Å²) in [4.78, 5) is 0. The maximum Gasteiger partial charge on any atom is 0.155 e. The molecular formula is C17H26N2O2. The Hall–Kier alpha value is -1.41. The number of nitriles is 1. The van der Waals surface area contributed by atoms with E-state index in [-0.39, 0.29) is 0 Å². The number of ether oxygens (including phenoxy) is 2. The maximum atomic E-state index is 9.61. The molecule has 0 radical (unpaired) electrons. The first kappa shape index (κ1) is 17.6. The Kier molecular flexibility index (Phi) is 7.99. The van der Waals surface area contributed by atoms with Crippen LogP contribution in [0.4, 0.5) is 0 Å². The minimum atomic E-state index is -0.798. The first-order chi connectivity index (χ1) is 10.1. The Bertz CT molecular complexity index is 428.